The molecule has 2 atom stereocenters. The Morgan fingerprint density at radius 2 is 1.87 bits per heavy atom. The van der Waals surface area contributed by atoms with Gasteiger partial charge in [-0.05, 0) is 62.6 Å². The molecule has 0 aromatic heterocycles. The fourth-order valence-corrected chi connectivity index (χ4v) is 4.37. The summed E-state index contributed by atoms with van der Waals surface area (Å²) in [7, 11) is 0. The summed E-state index contributed by atoms with van der Waals surface area (Å²) in [5.74, 6) is -2.98. The highest BCUT2D eigenvalue weighted by Crippen LogP contribution is 2.40. The fourth-order valence-electron chi connectivity index (χ4n) is 4.37. The molecule has 4 rings (SSSR count). The molecule has 168 valence electrons. The number of β-amino-alcohol motifs (C(OH)–C–C–N with tert-alkyl or cyclic N) is 1. The molecule has 6 N–H and O–H groups in total. The Bertz CT molecular complexity index is 975. The van der Waals surface area contributed by atoms with Crippen molar-refractivity contribution >= 4 is 11.4 Å². The minimum absolute atomic E-state index is 0.0311. The van der Waals surface area contributed by atoms with Crippen LogP contribution in [0.4, 0.5) is 24.5 Å². The SMILES string of the molecule is Cc1ccc(Nc2c(C(O)N3CC(O)([C@]4(N)CCCCN4)C3)ccc(F)c2F)c(F)c1. The number of anilines is 2. The minimum atomic E-state index is -1.35. The number of hydrogen-bond donors (Lipinski definition) is 5. The second-order valence-corrected chi connectivity index (χ2v) is 8.60. The number of nitrogens with two attached hydrogens (primary N) is 1. The normalized spacial score (nSPS) is 24.5. The average molecular weight is 436 g/mol. The first kappa shape index (κ1) is 22.0. The van der Waals surface area contributed by atoms with Crippen LogP contribution in [-0.4, -0.2) is 46.0 Å². The van der Waals surface area contributed by atoms with Gasteiger partial charge in [0.1, 0.15) is 17.6 Å². The Balaban J connectivity index is 1.58. The van der Waals surface area contributed by atoms with Crippen molar-refractivity contribution in [1.29, 1.82) is 0 Å². The summed E-state index contributed by atoms with van der Waals surface area (Å²) in [5, 5.41) is 27.6. The highest BCUT2D eigenvalue weighted by Gasteiger charge is 2.57. The van der Waals surface area contributed by atoms with Crippen molar-refractivity contribution in [3.63, 3.8) is 0 Å². The van der Waals surface area contributed by atoms with E-state index in [2.05, 4.69) is 10.6 Å². The number of benzene rings is 2. The summed E-state index contributed by atoms with van der Waals surface area (Å²) in [6.45, 7) is 2.51. The van der Waals surface area contributed by atoms with Crippen LogP contribution in [-0.2, 0) is 0 Å². The lowest BCUT2D eigenvalue weighted by molar-refractivity contribution is -0.204. The van der Waals surface area contributed by atoms with E-state index in [-0.39, 0.29) is 30.0 Å². The molecule has 2 aromatic carbocycles. The zero-order valence-corrected chi connectivity index (χ0v) is 17.3. The van der Waals surface area contributed by atoms with Crippen molar-refractivity contribution in [2.24, 2.45) is 5.73 Å². The van der Waals surface area contributed by atoms with E-state index < -0.39 is 34.9 Å². The lowest BCUT2D eigenvalue weighted by Gasteiger charge is -2.58. The molecule has 0 bridgehead atoms. The van der Waals surface area contributed by atoms with Gasteiger partial charge in [0.15, 0.2) is 11.6 Å². The summed E-state index contributed by atoms with van der Waals surface area (Å²) in [5.41, 5.74) is 4.44. The number of likely N-dealkylation sites (tertiary alicyclic amines) is 1. The molecule has 2 aliphatic rings. The van der Waals surface area contributed by atoms with Crippen molar-refractivity contribution in [3.05, 3.63) is 58.9 Å². The number of aliphatic hydroxyl groups excluding tert-OH is 1. The number of piperidine rings is 1. The van der Waals surface area contributed by atoms with Crippen LogP contribution in [0.15, 0.2) is 30.3 Å². The summed E-state index contributed by atoms with van der Waals surface area (Å²) in [6, 6.07) is 6.46. The first-order valence-corrected chi connectivity index (χ1v) is 10.3. The van der Waals surface area contributed by atoms with Gasteiger partial charge >= 0.3 is 0 Å². The topological polar surface area (TPSA) is 93.8 Å². The molecule has 6 nitrogen and oxygen atoms in total. The van der Waals surface area contributed by atoms with Gasteiger partial charge in [-0.2, -0.15) is 0 Å². The molecule has 2 aliphatic heterocycles. The third-order valence-corrected chi connectivity index (χ3v) is 6.33. The maximum absolute atomic E-state index is 14.6. The summed E-state index contributed by atoms with van der Waals surface area (Å²) in [6.07, 6.45) is 1.10. The highest BCUT2D eigenvalue weighted by molar-refractivity contribution is 5.65. The van der Waals surface area contributed by atoms with Gasteiger partial charge in [-0.25, -0.2) is 13.2 Å². The molecule has 1 unspecified atom stereocenters. The number of aliphatic hydroxyl groups is 2. The van der Waals surface area contributed by atoms with Gasteiger partial charge < -0.3 is 21.3 Å². The van der Waals surface area contributed by atoms with Crippen LogP contribution < -0.4 is 16.4 Å². The molecule has 2 heterocycles. The van der Waals surface area contributed by atoms with Crippen LogP contribution in [0.2, 0.25) is 0 Å². The molecular formula is C22H27F3N4O2. The van der Waals surface area contributed by atoms with Crippen LogP contribution in [0.3, 0.4) is 0 Å². The first-order chi connectivity index (χ1) is 14.6. The summed E-state index contributed by atoms with van der Waals surface area (Å²) >= 11 is 0. The third-order valence-electron chi connectivity index (χ3n) is 6.33. The molecule has 0 amide bonds. The standard InChI is InChI=1S/C22H27F3N4O2/c1-13-4-7-17(16(24)10-13)28-19-14(5-6-15(23)18(19)25)20(30)29-11-21(31,12-29)22(26)8-2-3-9-27-22/h4-7,10,20,27-28,30-31H,2-3,8-9,11-12,26H2,1H3/t20?,22-/m0/s1. The zero-order chi connectivity index (χ0) is 22.4. The van der Waals surface area contributed by atoms with E-state index >= 15 is 0 Å². The largest absolute Gasteiger partial charge is 0.384 e. The van der Waals surface area contributed by atoms with Crippen LogP contribution in [0.25, 0.3) is 0 Å². The quantitative estimate of drug-likeness (QED) is 0.495. The van der Waals surface area contributed by atoms with E-state index in [4.69, 9.17) is 5.73 Å². The fraction of sp³-hybridized carbons (Fsp3) is 0.455. The lowest BCUT2D eigenvalue weighted by Crippen LogP contribution is -2.81. The Hall–Kier alpha value is -2.17. The predicted molar refractivity (Wildman–Crippen MR) is 111 cm³/mol. The van der Waals surface area contributed by atoms with Crippen molar-refractivity contribution < 1.29 is 23.4 Å². The Labute approximate surface area is 178 Å². The molecule has 0 saturated carbocycles. The summed E-state index contributed by atoms with van der Waals surface area (Å²) in [4.78, 5) is 1.51. The van der Waals surface area contributed by atoms with Crippen LogP contribution >= 0.6 is 0 Å². The molecule has 2 fully saturated rings. The molecule has 0 aliphatic carbocycles. The number of halogens is 3. The Morgan fingerprint density at radius 3 is 2.52 bits per heavy atom. The second-order valence-electron chi connectivity index (χ2n) is 8.60. The Morgan fingerprint density at radius 1 is 1.13 bits per heavy atom. The molecule has 2 aromatic rings. The van der Waals surface area contributed by atoms with Crippen molar-refractivity contribution in [2.45, 2.75) is 43.7 Å². The smallest absolute Gasteiger partial charge is 0.182 e. The van der Waals surface area contributed by atoms with Gasteiger partial charge in [-0.1, -0.05) is 6.07 Å². The zero-order valence-electron chi connectivity index (χ0n) is 17.3. The number of aryl methyl sites for hydroxylation is 1. The van der Waals surface area contributed by atoms with Gasteiger partial charge in [0.2, 0.25) is 0 Å². The maximum Gasteiger partial charge on any atom is 0.182 e. The number of nitrogens with zero attached hydrogens (tertiary/aromatic N) is 1. The average Bonchev–Trinajstić information content (AvgIpc) is 2.71. The van der Waals surface area contributed by atoms with Gasteiger partial charge in [0, 0.05) is 18.7 Å². The predicted octanol–water partition coefficient (Wildman–Crippen LogP) is 2.62. The number of hydrogen-bond acceptors (Lipinski definition) is 6. The number of nitrogens with one attached hydrogen (secondary N) is 2. The molecular weight excluding hydrogens is 409 g/mol. The maximum atomic E-state index is 14.6. The molecule has 0 radical (unpaired) electrons. The molecule has 2 saturated heterocycles. The lowest BCUT2D eigenvalue weighted by atomic mass is 9.76. The molecule has 31 heavy (non-hydrogen) atoms. The van der Waals surface area contributed by atoms with Crippen LogP contribution in [0, 0.1) is 24.4 Å². The second kappa shape index (κ2) is 8.07. The molecule has 0 spiro atoms. The van der Waals surface area contributed by atoms with E-state index in [1.165, 1.54) is 23.1 Å². The van der Waals surface area contributed by atoms with E-state index in [0.29, 0.717) is 18.5 Å². The van der Waals surface area contributed by atoms with E-state index in [1.54, 1.807) is 13.0 Å². The number of rotatable bonds is 5. The molecule has 9 heteroatoms. The van der Waals surface area contributed by atoms with Crippen LogP contribution in [0.5, 0.6) is 0 Å². The first-order valence-electron chi connectivity index (χ1n) is 10.3. The van der Waals surface area contributed by atoms with Gasteiger partial charge in [0.05, 0.1) is 17.0 Å². The van der Waals surface area contributed by atoms with Crippen molar-refractivity contribution in [3.8, 4) is 0 Å². The Kier molecular flexibility index (Phi) is 5.74. The van der Waals surface area contributed by atoms with E-state index in [0.717, 1.165) is 18.9 Å². The van der Waals surface area contributed by atoms with Crippen LogP contribution in [0.1, 0.15) is 36.6 Å². The van der Waals surface area contributed by atoms with E-state index in [1.807, 2.05) is 0 Å². The van der Waals surface area contributed by atoms with Crippen molar-refractivity contribution in [1.82, 2.24) is 10.2 Å². The van der Waals surface area contributed by atoms with Gasteiger partial charge in [-0.3, -0.25) is 10.2 Å². The summed E-state index contributed by atoms with van der Waals surface area (Å²) < 4.78 is 42.9. The van der Waals surface area contributed by atoms with E-state index in [9.17, 15) is 23.4 Å². The van der Waals surface area contributed by atoms with Gasteiger partial charge in [0.25, 0.3) is 0 Å². The highest BCUT2D eigenvalue weighted by atomic mass is 19.2. The minimum Gasteiger partial charge on any atom is -0.384 e. The third kappa shape index (κ3) is 3.92. The van der Waals surface area contributed by atoms with Gasteiger partial charge in [-0.15, -0.1) is 0 Å². The van der Waals surface area contributed by atoms with Crippen molar-refractivity contribution in [2.75, 3.05) is 25.0 Å². The monoisotopic (exact) mass is 436 g/mol.